The van der Waals surface area contributed by atoms with Gasteiger partial charge in [0.15, 0.2) is 6.29 Å². The van der Waals surface area contributed by atoms with E-state index < -0.39 is 80.1 Å². The highest BCUT2D eigenvalue weighted by molar-refractivity contribution is 5.73. The van der Waals surface area contributed by atoms with Crippen molar-refractivity contribution >= 4 is 5.91 Å². The smallest absolute Gasteiger partial charge is 0.217 e. The van der Waals surface area contributed by atoms with Gasteiger partial charge >= 0.3 is 0 Å². The molecule has 2 fully saturated rings. The molecule has 0 radical (unpaired) electrons. The lowest BCUT2D eigenvalue weighted by molar-refractivity contribution is -0.234. The first-order chi connectivity index (χ1) is 12.2. The molecule has 0 aromatic rings. The van der Waals surface area contributed by atoms with Crippen molar-refractivity contribution in [3.8, 4) is 0 Å². The van der Waals surface area contributed by atoms with Crippen molar-refractivity contribution in [1.82, 2.24) is 5.32 Å². The molecule has 0 aliphatic carbocycles. The lowest BCUT2D eigenvalue weighted by Gasteiger charge is -2.42. The average molecular weight is 381 g/mol. The molecular formula is C15H27NO10. The summed E-state index contributed by atoms with van der Waals surface area (Å²) in [6, 6.07) is -0.953. The van der Waals surface area contributed by atoms with E-state index >= 15 is 0 Å². The van der Waals surface area contributed by atoms with Gasteiger partial charge in [-0.05, 0) is 6.42 Å². The van der Waals surface area contributed by atoms with E-state index in [1.54, 1.807) is 0 Å². The van der Waals surface area contributed by atoms with Gasteiger partial charge in [-0.3, -0.25) is 4.79 Å². The molecule has 8 N–H and O–H groups in total. The van der Waals surface area contributed by atoms with Crippen LogP contribution in [0.15, 0.2) is 0 Å². The van der Waals surface area contributed by atoms with Crippen molar-refractivity contribution in [3.05, 3.63) is 0 Å². The van der Waals surface area contributed by atoms with Crippen LogP contribution in [0.5, 0.6) is 0 Å². The van der Waals surface area contributed by atoms with Crippen LogP contribution in [0.25, 0.3) is 0 Å². The van der Waals surface area contributed by atoms with Crippen LogP contribution in [0.2, 0.25) is 0 Å². The monoisotopic (exact) mass is 381 g/mol. The van der Waals surface area contributed by atoms with E-state index in [9.17, 15) is 40.5 Å². The van der Waals surface area contributed by atoms with Crippen molar-refractivity contribution in [2.45, 2.75) is 68.4 Å². The zero-order chi connectivity index (χ0) is 19.6. The SMILES string of the molecule is CC(=O)N[C@H]1C(O)O[C@H]([C@H](O)CO)[C@@H]1C[C@H]1O[C@H](CO)[C@@H](O)[C@H](O)[C@@H]1O. The maximum atomic E-state index is 11.4. The highest BCUT2D eigenvalue weighted by atomic mass is 16.6. The summed E-state index contributed by atoms with van der Waals surface area (Å²) in [4.78, 5) is 11.4. The second-order valence-corrected chi connectivity index (χ2v) is 6.73. The van der Waals surface area contributed by atoms with Crippen molar-refractivity contribution < 1.29 is 50.0 Å². The van der Waals surface area contributed by atoms with Crippen LogP contribution in [-0.4, -0.2) is 110 Å². The van der Waals surface area contributed by atoms with E-state index in [4.69, 9.17) is 9.47 Å². The molecule has 11 nitrogen and oxygen atoms in total. The minimum atomic E-state index is -1.57. The summed E-state index contributed by atoms with van der Waals surface area (Å²) in [5.74, 6) is -1.24. The second-order valence-electron chi connectivity index (χ2n) is 6.73. The number of aliphatic hydroxyl groups is 7. The van der Waals surface area contributed by atoms with E-state index in [1.165, 1.54) is 6.92 Å². The lowest BCUT2D eigenvalue weighted by atomic mass is 9.83. The molecule has 10 atom stereocenters. The van der Waals surface area contributed by atoms with Gasteiger partial charge in [-0.25, -0.2) is 0 Å². The zero-order valence-corrected chi connectivity index (χ0v) is 14.3. The molecule has 0 spiro atoms. The minimum absolute atomic E-state index is 0.0921. The van der Waals surface area contributed by atoms with Gasteiger partial charge in [0, 0.05) is 12.8 Å². The third-order valence-corrected chi connectivity index (χ3v) is 4.92. The highest BCUT2D eigenvalue weighted by Crippen LogP contribution is 2.35. The standard InChI is InChI=1S/C15H27NO10/c1-5(19)16-10-6(14(7(20)3-17)26-15(10)24)2-8-11(21)13(23)12(22)9(4-18)25-8/h6-15,17-18,20-24H,2-4H2,1H3,(H,16,19)/t6-,7-,8-,9-,10-,11-,12-,13-,14+,15?/m1/s1. The van der Waals surface area contributed by atoms with E-state index in [1.807, 2.05) is 0 Å². The van der Waals surface area contributed by atoms with Gasteiger partial charge in [0.05, 0.1) is 31.5 Å². The summed E-state index contributed by atoms with van der Waals surface area (Å²) in [5, 5.41) is 70.9. The molecule has 2 saturated heterocycles. The van der Waals surface area contributed by atoms with Crippen LogP contribution in [0.4, 0.5) is 0 Å². The Balaban J connectivity index is 2.21. The number of hydrogen-bond donors (Lipinski definition) is 8. The second kappa shape index (κ2) is 8.87. The van der Waals surface area contributed by atoms with Gasteiger partial charge < -0.3 is 50.5 Å². The molecule has 2 heterocycles. The number of rotatable bonds is 6. The Morgan fingerprint density at radius 3 is 2.19 bits per heavy atom. The summed E-state index contributed by atoms with van der Waals surface area (Å²) >= 11 is 0. The Kier molecular flexibility index (Phi) is 7.30. The van der Waals surface area contributed by atoms with Crippen LogP contribution < -0.4 is 5.32 Å². The number of hydrogen-bond acceptors (Lipinski definition) is 10. The first-order valence-corrected chi connectivity index (χ1v) is 8.41. The summed E-state index contributed by atoms with van der Waals surface area (Å²) in [6.45, 7) is -0.0220. The topological polar surface area (TPSA) is 189 Å². The van der Waals surface area contributed by atoms with Gasteiger partial charge in [-0.2, -0.15) is 0 Å². The van der Waals surface area contributed by atoms with E-state index in [0.29, 0.717) is 0 Å². The Morgan fingerprint density at radius 1 is 1.04 bits per heavy atom. The lowest BCUT2D eigenvalue weighted by Crippen LogP contribution is -2.59. The van der Waals surface area contributed by atoms with Crippen LogP contribution in [0, 0.1) is 5.92 Å². The zero-order valence-electron chi connectivity index (χ0n) is 14.3. The van der Waals surface area contributed by atoms with Gasteiger partial charge in [0.1, 0.15) is 30.5 Å². The molecule has 26 heavy (non-hydrogen) atoms. The van der Waals surface area contributed by atoms with Crippen molar-refractivity contribution in [2.24, 2.45) is 5.92 Å². The van der Waals surface area contributed by atoms with Crippen molar-refractivity contribution in [1.29, 1.82) is 0 Å². The molecule has 2 rings (SSSR count). The number of carbonyl (C=O) groups excluding carboxylic acids is 1. The van der Waals surface area contributed by atoms with Crippen LogP contribution in [0.1, 0.15) is 13.3 Å². The fourth-order valence-electron chi connectivity index (χ4n) is 3.58. The molecular weight excluding hydrogens is 354 g/mol. The van der Waals surface area contributed by atoms with E-state index in [2.05, 4.69) is 5.32 Å². The number of nitrogens with one attached hydrogen (secondary N) is 1. The average Bonchev–Trinajstić information content (AvgIpc) is 2.90. The first-order valence-electron chi connectivity index (χ1n) is 8.41. The summed E-state index contributed by atoms with van der Waals surface area (Å²) in [5.41, 5.74) is 0. The highest BCUT2D eigenvalue weighted by Gasteiger charge is 2.51. The van der Waals surface area contributed by atoms with Crippen molar-refractivity contribution in [3.63, 3.8) is 0 Å². The van der Waals surface area contributed by atoms with Crippen LogP contribution in [-0.2, 0) is 14.3 Å². The molecule has 11 heteroatoms. The minimum Gasteiger partial charge on any atom is -0.394 e. The largest absolute Gasteiger partial charge is 0.394 e. The van der Waals surface area contributed by atoms with Crippen LogP contribution >= 0.6 is 0 Å². The molecule has 0 aromatic carbocycles. The van der Waals surface area contributed by atoms with Crippen molar-refractivity contribution in [2.75, 3.05) is 13.2 Å². The maximum absolute atomic E-state index is 11.4. The Labute approximate surface area is 149 Å². The number of carbonyl (C=O) groups is 1. The molecule has 2 aliphatic heterocycles. The normalized spacial score (nSPS) is 44.7. The quantitative estimate of drug-likeness (QED) is 0.222. The predicted octanol–water partition coefficient (Wildman–Crippen LogP) is -4.59. The van der Waals surface area contributed by atoms with E-state index in [-0.39, 0.29) is 6.42 Å². The Bertz CT molecular complexity index is 477. The number of aliphatic hydroxyl groups excluding tert-OH is 7. The maximum Gasteiger partial charge on any atom is 0.217 e. The van der Waals surface area contributed by atoms with Crippen LogP contribution in [0.3, 0.4) is 0 Å². The molecule has 0 bridgehead atoms. The first kappa shape index (κ1) is 21.4. The molecule has 1 amide bonds. The summed E-state index contributed by atoms with van der Waals surface area (Å²) < 4.78 is 10.7. The third-order valence-electron chi connectivity index (χ3n) is 4.92. The fourth-order valence-corrected chi connectivity index (χ4v) is 3.58. The summed E-state index contributed by atoms with van der Waals surface area (Å²) in [7, 11) is 0. The number of amides is 1. The summed E-state index contributed by atoms with van der Waals surface area (Å²) in [6.07, 6.45) is -10.8. The van der Waals surface area contributed by atoms with E-state index in [0.717, 1.165) is 0 Å². The Hall–Kier alpha value is -0.890. The fraction of sp³-hybridized carbons (Fsp3) is 0.933. The molecule has 0 saturated carbocycles. The molecule has 2 aliphatic rings. The number of ether oxygens (including phenoxy) is 2. The molecule has 0 aromatic heterocycles. The van der Waals surface area contributed by atoms with Gasteiger partial charge in [0.2, 0.25) is 5.91 Å². The Morgan fingerprint density at radius 2 is 1.65 bits per heavy atom. The van der Waals surface area contributed by atoms with Gasteiger partial charge in [-0.15, -0.1) is 0 Å². The van der Waals surface area contributed by atoms with Gasteiger partial charge in [0.25, 0.3) is 0 Å². The predicted molar refractivity (Wildman–Crippen MR) is 83.5 cm³/mol. The third kappa shape index (κ3) is 4.32. The molecule has 1 unspecified atom stereocenters. The molecule has 152 valence electrons. The van der Waals surface area contributed by atoms with Gasteiger partial charge in [-0.1, -0.05) is 0 Å².